The Bertz CT molecular complexity index is 2030. The molecule has 3 fully saturated rings. The number of rotatable bonds is 7. The second-order valence-electron chi connectivity index (χ2n) is 15.5. The first-order valence-electron chi connectivity index (χ1n) is 19.1. The molecule has 4 aliphatic heterocycles. The fourth-order valence-electron chi connectivity index (χ4n) is 9.05. The van der Waals surface area contributed by atoms with E-state index in [-0.39, 0.29) is 30.7 Å². The second kappa shape index (κ2) is 14.4. The lowest BCUT2D eigenvalue weighted by Crippen LogP contribution is -2.54. The maximum atomic E-state index is 13.3. The largest absolute Gasteiger partial charge is 0.372 e. The minimum Gasteiger partial charge on any atom is -0.372 e. The van der Waals surface area contributed by atoms with Crippen LogP contribution in [-0.2, 0) is 22.7 Å². The summed E-state index contributed by atoms with van der Waals surface area (Å²) in [4.78, 5) is 72.0. The third kappa shape index (κ3) is 6.62. The van der Waals surface area contributed by atoms with Gasteiger partial charge in [-0.1, -0.05) is 0 Å². The van der Waals surface area contributed by atoms with Crippen LogP contribution in [0, 0.1) is 18.3 Å². The predicted octanol–water partition coefficient (Wildman–Crippen LogP) is 4.43. The smallest absolute Gasteiger partial charge is 0.262 e. The number of nitrogens with zero attached hydrogens (tertiary/aromatic N) is 5. The number of anilines is 2. The highest BCUT2D eigenvalue weighted by molar-refractivity contribution is 6.23. The van der Waals surface area contributed by atoms with Crippen LogP contribution in [0.1, 0.15) is 105 Å². The summed E-state index contributed by atoms with van der Waals surface area (Å²) < 4.78 is 0. The van der Waals surface area contributed by atoms with E-state index in [1.54, 1.807) is 0 Å². The average Bonchev–Trinajstić information content (AvgIpc) is 3.71. The highest BCUT2D eigenvalue weighted by Crippen LogP contribution is 2.36. The molecule has 0 aromatic heterocycles. The zero-order valence-electron chi connectivity index (χ0n) is 30.8. The van der Waals surface area contributed by atoms with Gasteiger partial charge in [0.2, 0.25) is 11.8 Å². The third-order valence-corrected chi connectivity index (χ3v) is 12.3. The minimum atomic E-state index is -0.962. The Balaban J connectivity index is 0.806. The highest BCUT2D eigenvalue weighted by Gasteiger charge is 2.45. The fraction of sp³-hybridized carbons (Fsp3) is 0.429. The first-order valence-corrected chi connectivity index (χ1v) is 19.1. The van der Waals surface area contributed by atoms with Crippen molar-refractivity contribution in [3.63, 3.8) is 0 Å². The van der Waals surface area contributed by atoms with Gasteiger partial charge in [-0.3, -0.25) is 39.1 Å². The fourth-order valence-corrected chi connectivity index (χ4v) is 9.05. The molecule has 5 amide bonds. The van der Waals surface area contributed by atoms with Gasteiger partial charge >= 0.3 is 0 Å². The van der Waals surface area contributed by atoms with Crippen LogP contribution in [0.2, 0.25) is 0 Å². The van der Waals surface area contributed by atoms with Crippen LogP contribution in [-0.4, -0.2) is 83.6 Å². The van der Waals surface area contributed by atoms with Gasteiger partial charge in [-0.2, -0.15) is 5.26 Å². The second-order valence-corrected chi connectivity index (χ2v) is 15.5. The van der Waals surface area contributed by atoms with Crippen LogP contribution in [0.25, 0.3) is 0 Å². The van der Waals surface area contributed by atoms with Gasteiger partial charge in [0.15, 0.2) is 0 Å². The molecule has 3 aromatic carbocycles. The molecule has 0 radical (unpaired) electrons. The third-order valence-electron chi connectivity index (χ3n) is 12.3. The molecule has 1 aliphatic carbocycles. The first kappa shape index (κ1) is 35.5. The first-order chi connectivity index (χ1) is 26.1. The molecule has 5 aliphatic rings. The summed E-state index contributed by atoms with van der Waals surface area (Å²) in [6, 6.07) is 19.7. The molecule has 0 spiro atoms. The number of piperidine rings is 2. The minimum absolute atomic E-state index is 0.0357. The van der Waals surface area contributed by atoms with Gasteiger partial charge in [0.05, 0.1) is 22.8 Å². The number of carbonyl (C=O) groups is 5. The predicted molar refractivity (Wildman–Crippen MR) is 202 cm³/mol. The number of benzene rings is 3. The van der Waals surface area contributed by atoms with Crippen LogP contribution in [0.4, 0.5) is 11.4 Å². The van der Waals surface area contributed by atoms with Crippen molar-refractivity contribution < 1.29 is 24.0 Å². The Morgan fingerprint density at radius 1 is 0.852 bits per heavy atom. The van der Waals surface area contributed by atoms with E-state index in [0.29, 0.717) is 47.4 Å². The molecular formula is C42H45N7O5. The molecule has 54 heavy (non-hydrogen) atoms. The Morgan fingerprint density at radius 2 is 1.50 bits per heavy atom. The van der Waals surface area contributed by atoms with Crippen molar-refractivity contribution in [1.82, 2.24) is 20.4 Å². The van der Waals surface area contributed by atoms with Gasteiger partial charge in [-0.05, 0) is 123 Å². The summed E-state index contributed by atoms with van der Waals surface area (Å²) in [5.74, 6) is -1.96. The Hall–Kier alpha value is -5.54. The van der Waals surface area contributed by atoms with Gasteiger partial charge < -0.3 is 15.1 Å². The van der Waals surface area contributed by atoms with E-state index in [2.05, 4.69) is 44.5 Å². The van der Waals surface area contributed by atoms with E-state index in [1.807, 2.05) is 55.5 Å². The zero-order chi connectivity index (χ0) is 37.7. The lowest BCUT2D eigenvalue weighted by atomic mass is 9.89. The van der Waals surface area contributed by atoms with Crippen molar-refractivity contribution in [2.75, 3.05) is 29.9 Å². The van der Waals surface area contributed by atoms with Gasteiger partial charge in [0, 0.05) is 74.7 Å². The van der Waals surface area contributed by atoms with Crippen molar-refractivity contribution in [3.05, 3.63) is 93.5 Å². The number of aryl methyl sites for hydroxylation is 1. The molecule has 12 heteroatoms. The quantitative estimate of drug-likeness (QED) is 0.338. The van der Waals surface area contributed by atoms with E-state index in [1.165, 1.54) is 0 Å². The molecule has 278 valence electrons. The van der Waals surface area contributed by atoms with E-state index in [9.17, 15) is 29.2 Å². The van der Waals surface area contributed by atoms with E-state index >= 15 is 0 Å². The summed E-state index contributed by atoms with van der Waals surface area (Å²) in [7, 11) is 2.11. The summed E-state index contributed by atoms with van der Waals surface area (Å²) >= 11 is 0. The van der Waals surface area contributed by atoms with E-state index in [4.69, 9.17) is 0 Å². The van der Waals surface area contributed by atoms with E-state index in [0.717, 1.165) is 84.6 Å². The van der Waals surface area contributed by atoms with Crippen molar-refractivity contribution in [1.29, 1.82) is 5.26 Å². The monoisotopic (exact) mass is 727 g/mol. The molecule has 4 heterocycles. The van der Waals surface area contributed by atoms with Crippen molar-refractivity contribution in [3.8, 4) is 6.07 Å². The molecular weight excluding hydrogens is 683 g/mol. The summed E-state index contributed by atoms with van der Waals surface area (Å²) in [5, 5.41) is 14.8. The van der Waals surface area contributed by atoms with Crippen LogP contribution in [0.3, 0.4) is 0 Å². The molecule has 12 nitrogen and oxygen atoms in total. The number of fused-ring (bicyclic) bond motifs is 2. The summed E-state index contributed by atoms with van der Waals surface area (Å²) in [6.45, 7) is 5.14. The number of amides is 5. The number of imide groups is 2. The van der Waals surface area contributed by atoms with Gasteiger partial charge in [0.25, 0.3) is 17.7 Å². The van der Waals surface area contributed by atoms with Crippen LogP contribution in [0.5, 0.6) is 0 Å². The Morgan fingerprint density at radius 3 is 2.09 bits per heavy atom. The van der Waals surface area contributed by atoms with Crippen molar-refractivity contribution in [2.24, 2.45) is 0 Å². The molecule has 1 atom stereocenters. The molecule has 0 bridgehead atoms. The lowest BCUT2D eigenvalue weighted by Gasteiger charge is -2.38. The maximum Gasteiger partial charge on any atom is 0.262 e. The molecule has 0 unspecified atom stereocenters. The number of hydrogen-bond acceptors (Lipinski definition) is 9. The standard InChI is InChI=1S/C42H45N7O5/c1-25-19-34(10-5-27(25)22-43)46(2)31-11-6-30(7-12-31)44-39(51)26-3-8-32(9-4-26)47-17-15-33(16-18-47)48-23-28-20-35-36(21-29(28)24-48)42(54)49(41(35)53)37-13-14-38(50)45-40(37)52/h3-5,8-10,19-21,30-31,33,37H,6-7,11-18,23-24H2,1-2H3,(H,44,51)(H,45,50,52)/t30-,31-,37-/m0/s1. The molecule has 1 saturated carbocycles. The zero-order valence-corrected chi connectivity index (χ0v) is 30.8. The van der Waals surface area contributed by atoms with Gasteiger partial charge in [-0.25, -0.2) is 0 Å². The molecule has 8 rings (SSSR count). The highest BCUT2D eigenvalue weighted by atomic mass is 16.2. The number of hydrogen-bond donors (Lipinski definition) is 2. The Kier molecular flexibility index (Phi) is 9.44. The summed E-state index contributed by atoms with van der Waals surface area (Å²) in [5.41, 5.74) is 7.33. The number of nitrogens with one attached hydrogen (secondary N) is 2. The van der Waals surface area contributed by atoms with Crippen LogP contribution >= 0.6 is 0 Å². The van der Waals surface area contributed by atoms with Gasteiger partial charge in [0.1, 0.15) is 6.04 Å². The van der Waals surface area contributed by atoms with Crippen molar-refractivity contribution >= 4 is 40.9 Å². The normalized spacial score (nSPS) is 23.2. The molecule has 2 N–H and O–H groups in total. The van der Waals surface area contributed by atoms with Gasteiger partial charge in [-0.15, -0.1) is 0 Å². The SMILES string of the molecule is Cc1cc(N(C)[C@H]2CC[C@H](NC(=O)c3ccc(N4CCC(N5Cc6cc7c(cc6C5)C(=O)N([C@H]5CCC(=O)NC5=O)C7=O)CC4)cc3)CC2)ccc1C#N. The Labute approximate surface area is 315 Å². The molecule has 3 aromatic rings. The average molecular weight is 728 g/mol. The van der Waals surface area contributed by atoms with Crippen LogP contribution in [0.15, 0.2) is 54.6 Å². The maximum absolute atomic E-state index is 13.3. The van der Waals surface area contributed by atoms with Crippen LogP contribution < -0.4 is 20.4 Å². The lowest BCUT2D eigenvalue weighted by molar-refractivity contribution is -0.136. The van der Waals surface area contributed by atoms with Crippen molar-refractivity contribution in [2.45, 2.75) is 95.5 Å². The molecule has 2 saturated heterocycles. The topological polar surface area (TPSA) is 146 Å². The number of nitriles is 1. The number of carbonyl (C=O) groups excluding carboxylic acids is 5. The van der Waals surface area contributed by atoms with E-state index < -0.39 is 23.8 Å². The summed E-state index contributed by atoms with van der Waals surface area (Å²) in [6.07, 6.45) is 6.02.